The SMILES string of the molecule is COC(=O)c1ccc2ccc(-c3nc(-c4ccccc4)cs3)cc2c1. The first kappa shape index (κ1) is 15.5. The summed E-state index contributed by atoms with van der Waals surface area (Å²) in [6.07, 6.45) is 0. The molecule has 0 aliphatic rings. The van der Waals surface area contributed by atoms with Crippen molar-refractivity contribution in [1.29, 1.82) is 0 Å². The van der Waals surface area contributed by atoms with Crippen LogP contribution in [0.3, 0.4) is 0 Å². The van der Waals surface area contributed by atoms with E-state index in [0.717, 1.165) is 32.6 Å². The van der Waals surface area contributed by atoms with Gasteiger partial charge in [-0.15, -0.1) is 11.3 Å². The van der Waals surface area contributed by atoms with Gasteiger partial charge in [0.1, 0.15) is 5.01 Å². The Hall–Kier alpha value is -2.98. The Balaban J connectivity index is 1.74. The number of aromatic nitrogens is 1. The number of methoxy groups -OCH3 is 1. The monoisotopic (exact) mass is 345 g/mol. The Morgan fingerprint density at radius 2 is 1.72 bits per heavy atom. The quantitative estimate of drug-likeness (QED) is 0.466. The van der Waals surface area contributed by atoms with Crippen molar-refractivity contribution in [3.63, 3.8) is 0 Å². The van der Waals surface area contributed by atoms with Crippen LogP contribution in [0.15, 0.2) is 72.1 Å². The molecular weight excluding hydrogens is 330 g/mol. The molecule has 4 rings (SSSR count). The summed E-state index contributed by atoms with van der Waals surface area (Å²) in [6.45, 7) is 0. The van der Waals surface area contributed by atoms with Crippen molar-refractivity contribution in [1.82, 2.24) is 4.98 Å². The summed E-state index contributed by atoms with van der Waals surface area (Å²) in [5.74, 6) is -0.326. The van der Waals surface area contributed by atoms with Gasteiger partial charge >= 0.3 is 5.97 Å². The lowest BCUT2D eigenvalue weighted by atomic mass is 10.0. The topological polar surface area (TPSA) is 39.2 Å². The molecule has 0 aliphatic heterocycles. The maximum absolute atomic E-state index is 11.7. The third-order valence-corrected chi connectivity index (χ3v) is 4.97. The molecule has 1 aromatic heterocycles. The van der Waals surface area contributed by atoms with E-state index in [2.05, 4.69) is 35.7 Å². The minimum atomic E-state index is -0.326. The van der Waals surface area contributed by atoms with E-state index >= 15 is 0 Å². The van der Waals surface area contributed by atoms with Crippen LogP contribution in [0.25, 0.3) is 32.6 Å². The van der Waals surface area contributed by atoms with E-state index in [1.54, 1.807) is 17.4 Å². The van der Waals surface area contributed by atoms with Crippen molar-refractivity contribution >= 4 is 28.1 Å². The summed E-state index contributed by atoms with van der Waals surface area (Å²) in [6, 6.07) is 21.9. The zero-order chi connectivity index (χ0) is 17.2. The van der Waals surface area contributed by atoms with Crippen molar-refractivity contribution in [2.24, 2.45) is 0 Å². The van der Waals surface area contributed by atoms with Gasteiger partial charge in [0.15, 0.2) is 0 Å². The number of esters is 1. The molecule has 0 bridgehead atoms. The second-order valence-electron chi connectivity index (χ2n) is 5.67. The minimum absolute atomic E-state index is 0.326. The molecule has 122 valence electrons. The highest BCUT2D eigenvalue weighted by Gasteiger charge is 2.09. The first-order chi connectivity index (χ1) is 12.2. The van der Waals surface area contributed by atoms with Gasteiger partial charge in [-0.2, -0.15) is 0 Å². The van der Waals surface area contributed by atoms with Crippen molar-refractivity contribution in [3.8, 4) is 21.8 Å². The zero-order valence-electron chi connectivity index (χ0n) is 13.6. The molecule has 0 amide bonds. The van der Waals surface area contributed by atoms with E-state index in [9.17, 15) is 4.79 Å². The largest absolute Gasteiger partial charge is 0.465 e. The molecule has 0 saturated heterocycles. The Morgan fingerprint density at radius 1 is 0.920 bits per heavy atom. The smallest absolute Gasteiger partial charge is 0.337 e. The first-order valence-corrected chi connectivity index (χ1v) is 8.76. The van der Waals surface area contributed by atoms with Crippen molar-refractivity contribution in [2.75, 3.05) is 7.11 Å². The van der Waals surface area contributed by atoms with Crippen LogP contribution < -0.4 is 0 Å². The van der Waals surface area contributed by atoms with Gasteiger partial charge < -0.3 is 4.74 Å². The molecule has 25 heavy (non-hydrogen) atoms. The average Bonchev–Trinajstić information content (AvgIpc) is 3.17. The summed E-state index contributed by atoms with van der Waals surface area (Å²) < 4.78 is 4.80. The van der Waals surface area contributed by atoms with Crippen LogP contribution in [-0.2, 0) is 4.74 Å². The average molecular weight is 345 g/mol. The molecule has 1 heterocycles. The predicted octanol–water partition coefficient (Wildman–Crippen LogP) is 5.42. The number of fused-ring (bicyclic) bond motifs is 1. The van der Waals surface area contributed by atoms with Gasteiger partial charge in [0.05, 0.1) is 18.4 Å². The highest BCUT2D eigenvalue weighted by atomic mass is 32.1. The second kappa shape index (κ2) is 6.49. The molecule has 0 fully saturated rings. The van der Waals surface area contributed by atoms with E-state index in [0.29, 0.717) is 5.56 Å². The van der Waals surface area contributed by atoms with Gasteiger partial charge in [0.25, 0.3) is 0 Å². The highest BCUT2D eigenvalue weighted by Crippen LogP contribution is 2.31. The molecule has 0 radical (unpaired) electrons. The summed E-state index contributed by atoms with van der Waals surface area (Å²) in [4.78, 5) is 16.5. The third-order valence-electron chi connectivity index (χ3n) is 4.08. The summed E-state index contributed by atoms with van der Waals surface area (Å²) >= 11 is 1.62. The van der Waals surface area contributed by atoms with E-state index in [4.69, 9.17) is 9.72 Å². The number of carbonyl (C=O) groups is 1. The lowest BCUT2D eigenvalue weighted by Crippen LogP contribution is -2.00. The number of rotatable bonds is 3. The zero-order valence-corrected chi connectivity index (χ0v) is 14.4. The van der Waals surface area contributed by atoms with Gasteiger partial charge in [-0.1, -0.05) is 48.5 Å². The van der Waals surface area contributed by atoms with Crippen LogP contribution >= 0.6 is 11.3 Å². The number of hydrogen-bond acceptors (Lipinski definition) is 4. The molecule has 0 atom stereocenters. The molecule has 0 saturated carbocycles. The fraction of sp³-hybridized carbons (Fsp3) is 0.0476. The second-order valence-corrected chi connectivity index (χ2v) is 6.53. The number of thiazole rings is 1. The van der Waals surface area contributed by atoms with Crippen LogP contribution in [0.5, 0.6) is 0 Å². The van der Waals surface area contributed by atoms with Crippen LogP contribution in [0, 0.1) is 0 Å². The predicted molar refractivity (Wildman–Crippen MR) is 102 cm³/mol. The van der Waals surface area contributed by atoms with Crippen LogP contribution in [-0.4, -0.2) is 18.1 Å². The standard InChI is InChI=1S/C21H15NO2S/c1-24-21(23)17-10-8-14-7-9-16(11-18(14)12-17)20-22-19(13-25-20)15-5-3-2-4-6-15/h2-13H,1H3. The number of carbonyl (C=O) groups excluding carboxylic acids is 1. The Morgan fingerprint density at radius 3 is 2.52 bits per heavy atom. The molecule has 3 nitrogen and oxygen atoms in total. The lowest BCUT2D eigenvalue weighted by Gasteiger charge is -2.04. The molecule has 4 heteroatoms. The third kappa shape index (κ3) is 3.04. The fourth-order valence-electron chi connectivity index (χ4n) is 2.77. The van der Waals surface area contributed by atoms with Crippen LogP contribution in [0.2, 0.25) is 0 Å². The van der Waals surface area contributed by atoms with Gasteiger partial charge in [0.2, 0.25) is 0 Å². The van der Waals surface area contributed by atoms with Gasteiger partial charge in [-0.25, -0.2) is 9.78 Å². The highest BCUT2D eigenvalue weighted by molar-refractivity contribution is 7.13. The molecule has 0 unspecified atom stereocenters. The maximum atomic E-state index is 11.7. The normalized spacial score (nSPS) is 10.8. The Kier molecular flexibility index (Phi) is 4.04. The first-order valence-electron chi connectivity index (χ1n) is 7.88. The van der Waals surface area contributed by atoms with Crippen LogP contribution in [0.1, 0.15) is 10.4 Å². The summed E-state index contributed by atoms with van der Waals surface area (Å²) in [5, 5.41) is 5.11. The van der Waals surface area contributed by atoms with E-state index < -0.39 is 0 Å². The number of benzene rings is 3. The van der Waals surface area contributed by atoms with Crippen molar-refractivity contribution in [3.05, 3.63) is 77.7 Å². The number of ether oxygens (including phenoxy) is 1. The number of nitrogens with zero attached hydrogens (tertiary/aromatic N) is 1. The molecule has 3 aromatic carbocycles. The Labute approximate surface area is 149 Å². The van der Waals surface area contributed by atoms with E-state index in [-0.39, 0.29) is 5.97 Å². The molecule has 0 N–H and O–H groups in total. The fourth-order valence-corrected chi connectivity index (χ4v) is 3.60. The van der Waals surface area contributed by atoms with Gasteiger partial charge in [-0.05, 0) is 29.0 Å². The van der Waals surface area contributed by atoms with E-state index in [1.807, 2.05) is 30.3 Å². The van der Waals surface area contributed by atoms with Gasteiger partial charge in [-0.3, -0.25) is 0 Å². The lowest BCUT2D eigenvalue weighted by molar-refractivity contribution is 0.0601. The maximum Gasteiger partial charge on any atom is 0.337 e. The summed E-state index contributed by atoms with van der Waals surface area (Å²) in [7, 11) is 1.39. The molecular formula is C21H15NO2S. The van der Waals surface area contributed by atoms with E-state index in [1.165, 1.54) is 7.11 Å². The molecule has 4 aromatic rings. The van der Waals surface area contributed by atoms with Crippen molar-refractivity contribution in [2.45, 2.75) is 0 Å². The van der Waals surface area contributed by atoms with Crippen molar-refractivity contribution < 1.29 is 9.53 Å². The Bertz CT molecular complexity index is 1050. The number of hydrogen-bond donors (Lipinski definition) is 0. The van der Waals surface area contributed by atoms with Gasteiger partial charge in [0, 0.05) is 16.5 Å². The molecule has 0 aliphatic carbocycles. The summed E-state index contributed by atoms with van der Waals surface area (Å²) in [5.41, 5.74) is 3.68. The van der Waals surface area contributed by atoms with Crippen LogP contribution in [0.4, 0.5) is 0 Å². The minimum Gasteiger partial charge on any atom is -0.465 e. The molecule has 0 spiro atoms.